The van der Waals surface area contributed by atoms with E-state index in [1.54, 1.807) is 6.20 Å². The maximum atomic E-state index is 13.2. The van der Waals surface area contributed by atoms with Gasteiger partial charge < -0.3 is 9.87 Å². The molecule has 1 saturated carbocycles. The molecule has 0 aliphatic heterocycles. The summed E-state index contributed by atoms with van der Waals surface area (Å²) in [5.74, 6) is -0.00542. The largest absolute Gasteiger partial charge is 0.598 e. The van der Waals surface area contributed by atoms with Crippen LogP contribution in [0.1, 0.15) is 66.8 Å². The fraction of sp³-hybridized carbons (Fsp3) is 0.385. The van der Waals surface area contributed by atoms with Crippen molar-refractivity contribution in [3.05, 3.63) is 81.9 Å². The van der Waals surface area contributed by atoms with E-state index in [1.807, 2.05) is 51.1 Å². The van der Waals surface area contributed by atoms with E-state index >= 15 is 0 Å². The highest BCUT2D eigenvalue weighted by atomic mass is 32.2. The predicted molar refractivity (Wildman–Crippen MR) is 137 cm³/mol. The van der Waals surface area contributed by atoms with Crippen LogP contribution < -0.4 is 10.0 Å². The van der Waals surface area contributed by atoms with Crippen LogP contribution in [-0.2, 0) is 21.6 Å². The average molecular weight is 482 g/mol. The van der Waals surface area contributed by atoms with Crippen LogP contribution in [0.3, 0.4) is 0 Å². The summed E-state index contributed by atoms with van der Waals surface area (Å²) in [6, 6.07) is 15.9. The zero-order valence-electron chi connectivity index (χ0n) is 19.8. The maximum absolute atomic E-state index is 13.2. The summed E-state index contributed by atoms with van der Waals surface area (Å²) < 4.78 is 15.7. The fourth-order valence-corrected chi connectivity index (χ4v) is 5.52. The highest BCUT2D eigenvalue weighted by Gasteiger charge is 2.51. The molecule has 0 bridgehead atoms. The minimum Gasteiger partial charge on any atom is -0.598 e. The van der Waals surface area contributed by atoms with Crippen LogP contribution >= 0.6 is 11.3 Å². The monoisotopic (exact) mass is 481 g/mol. The molecule has 4 rings (SSSR count). The van der Waals surface area contributed by atoms with Crippen LogP contribution in [0.15, 0.2) is 54.7 Å². The molecule has 33 heavy (non-hydrogen) atoms. The minimum atomic E-state index is -1.26. The SMILES string of the molecule is Cc1ccc(C2(C(=O)Nc3ncc([C@@H](N[S@@+]([O-])C(C)(C)C)c4ccccc4)s3)CC2)cc1C. The molecule has 5 nitrogen and oxygen atoms in total. The Morgan fingerprint density at radius 2 is 1.82 bits per heavy atom. The first kappa shape index (κ1) is 24.0. The van der Waals surface area contributed by atoms with Crippen molar-refractivity contribution in [1.82, 2.24) is 9.71 Å². The minimum absolute atomic E-state index is 0.00542. The maximum Gasteiger partial charge on any atom is 0.236 e. The number of carbonyl (C=O) groups excluding carboxylic acids is 1. The second-order valence-corrected chi connectivity index (χ2v) is 12.8. The molecule has 1 fully saturated rings. The van der Waals surface area contributed by atoms with E-state index in [0.717, 1.165) is 28.8 Å². The molecule has 3 aromatic rings. The van der Waals surface area contributed by atoms with Gasteiger partial charge in [-0.25, -0.2) is 4.98 Å². The summed E-state index contributed by atoms with van der Waals surface area (Å²) in [5, 5.41) is 3.62. The van der Waals surface area contributed by atoms with E-state index in [0.29, 0.717) is 5.13 Å². The third-order valence-electron chi connectivity index (χ3n) is 6.19. The Balaban J connectivity index is 1.55. The highest BCUT2D eigenvalue weighted by molar-refractivity contribution is 7.90. The number of nitrogens with zero attached hydrogens (tertiary/aromatic N) is 1. The Morgan fingerprint density at radius 1 is 1.12 bits per heavy atom. The number of thiazole rings is 1. The molecule has 1 heterocycles. The van der Waals surface area contributed by atoms with Crippen molar-refractivity contribution < 1.29 is 9.35 Å². The van der Waals surface area contributed by atoms with Crippen LogP contribution in [0.4, 0.5) is 5.13 Å². The number of nitrogens with one attached hydrogen (secondary N) is 2. The van der Waals surface area contributed by atoms with Gasteiger partial charge in [-0.1, -0.05) is 59.9 Å². The van der Waals surface area contributed by atoms with Crippen molar-refractivity contribution >= 4 is 33.7 Å². The lowest BCUT2D eigenvalue weighted by Crippen LogP contribution is -2.41. The van der Waals surface area contributed by atoms with Crippen LogP contribution in [0, 0.1) is 13.8 Å². The molecular formula is C26H31N3O2S2. The predicted octanol–water partition coefficient (Wildman–Crippen LogP) is 5.57. The molecule has 0 spiro atoms. The Bertz CT molecular complexity index is 1130. The third-order valence-corrected chi connectivity index (χ3v) is 8.73. The van der Waals surface area contributed by atoms with Gasteiger partial charge in [0.1, 0.15) is 10.8 Å². The molecule has 0 saturated heterocycles. The Morgan fingerprint density at radius 3 is 2.42 bits per heavy atom. The Labute approximate surface area is 203 Å². The molecule has 2 aromatic carbocycles. The summed E-state index contributed by atoms with van der Waals surface area (Å²) in [7, 11) is 0. The first-order chi connectivity index (χ1) is 15.6. The lowest BCUT2D eigenvalue weighted by molar-refractivity contribution is -0.118. The average Bonchev–Trinajstić information content (AvgIpc) is 3.47. The molecule has 1 amide bonds. The Kier molecular flexibility index (Phi) is 6.69. The molecule has 1 aromatic heterocycles. The zero-order valence-corrected chi connectivity index (χ0v) is 21.4. The number of amides is 1. The standard InChI is InChI=1S/C26H31N3O2S2/c1-17-11-12-20(15-18(17)2)26(13-14-26)23(30)28-24-27-16-21(32-24)22(19-9-7-6-8-10-19)29-33(31)25(3,4)5/h6-12,15-16,22,29H,13-14H2,1-5H3,(H,27,28,30)/t22-,33-/m0/s1. The molecule has 174 valence electrons. The summed E-state index contributed by atoms with van der Waals surface area (Å²) in [4.78, 5) is 18.6. The van der Waals surface area contributed by atoms with E-state index in [1.165, 1.54) is 22.5 Å². The number of rotatable bonds is 7. The smallest absolute Gasteiger partial charge is 0.236 e. The van der Waals surface area contributed by atoms with Gasteiger partial charge in [0, 0.05) is 17.6 Å². The lowest BCUT2D eigenvalue weighted by Gasteiger charge is -2.27. The van der Waals surface area contributed by atoms with E-state index in [2.05, 4.69) is 47.1 Å². The van der Waals surface area contributed by atoms with E-state index in [-0.39, 0.29) is 11.9 Å². The number of carbonyl (C=O) groups is 1. The molecule has 1 aliphatic carbocycles. The van der Waals surface area contributed by atoms with Gasteiger partial charge in [0.2, 0.25) is 5.91 Å². The number of aryl methyl sites for hydroxylation is 2. The zero-order chi connectivity index (χ0) is 23.8. The molecule has 0 unspecified atom stereocenters. The molecule has 7 heteroatoms. The first-order valence-electron chi connectivity index (χ1n) is 11.2. The first-order valence-corrected chi connectivity index (χ1v) is 13.1. The quantitative estimate of drug-likeness (QED) is 0.433. The van der Waals surface area contributed by atoms with E-state index < -0.39 is 21.5 Å². The van der Waals surface area contributed by atoms with Crippen molar-refractivity contribution in [3.8, 4) is 0 Å². The Hall–Kier alpha value is -2.19. The van der Waals surface area contributed by atoms with Crippen molar-refractivity contribution in [1.29, 1.82) is 0 Å². The summed E-state index contributed by atoms with van der Waals surface area (Å²) in [6.07, 6.45) is 3.46. The number of benzene rings is 2. The second kappa shape index (κ2) is 9.22. The van der Waals surface area contributed by atoms with Gasteiger partial charge >= 0.3 is 0 Å². The summed E-state index contributed by atoms with van der Waals surface area (Å²) >= 11 is 0.160. The van der Waals surface area contributed by atoms with Gasteiger partial charge in [-0.15, -0.1) is 4.72 Å². The second-order valence-electron chi connectivity index (χ2n) is 9.75. The van der Waals surface area contributed by atoms with Gasteiger partial charge in [-0.05, 0) is 69.7 Å². The van der Waals surface area contributed by atoms with Crippen molar-refractivity contribution in [2.24, 2.45) is 0 Å². The topological polar surface area (TPSA) is 77.1 Å². The third kappa shape index (κ3) is 5.17. The number of hydrogen-bond acceptors (Lipinski definition) is 5. The number of hydrogen-bond donors (Lipinski definition) is 2. The highest BCUT2D eigenvalue weighted by Crippen LogP contribution is 2.49. The molecule has 0 radical (unpaired) electrons. The normalized spacial score (nSPS) is 16.8. The van der Waals surface area contributed by atoms with Crippen LogP contribution in [0.25, 0.3) is 0 Å². The van der Waals surface area contributed by atoms with Gasteiger partial charge in [0.15, 0.2) is 5.13 Å². The van der Waals surface area contributed by atoms with Crippen molar-refractivity contribution in [2.75, 3.05) is 5.32 Å². The molecular weight excluding hydrogens is 450 g/mol. The lowest BCUT2D eigenvalue weighted by atomic mass is 9.92. The van der Waals surface area contributed by atoms with Crippen LogP contribution in [0.2, 0.25) is 0 Å². The fourth-order valence-electron chi connectivity index (χ4n) is 3.73. The van der Waals surface area contributed by atoms with E-state index in [9.17, 15) is 9.35 Å². The van der Waals surface area contributed by atoms with Gasteiger partial charge in [-0.3, -0.25) is 4.79 Å². The molecule has 1 aliphatic rings. The van der Waals surface area contributed by atoms with Crippen molar-refractivity contribution in [2.45, 2.75) is 63.7 Å². The summed E-state index contributed by atoms with van der Waals surface area (Å²) in [5.41, 5.74) is 4.04. The van der Waals surface area contributed by atoms with Crippen LogP contribution in [0.5, 0.6) is 0 Å². The van der Waals surface area contributed by atoms with E-state index in [4.69, 9.17) is 0 Å². The van der Waals surface area contributed by atoms with Gasteiger partial charge in [0.05, 0.1) is 10.3 Å². The van der Waals surface area contributed by atoms with Crippen molar-refractivity contribution in [3.63, 3.8) is 0 Å². The van der Waals surface area contributed by atoms with Gasteiger partial charge in [0.25, 0.3) is 0 Å². The number of anilines is 1. The van der Waals surface area contributed by atoms with Crippen LogP contribution in [-0.4, -0.2) is 20.2 Å². The molecule has 2 atom stereocenters. The van der Waals surface area contributed by atoms with Gasteiger partial charge in [-0.2, -0.15) is 0 Å². The number of aromatic nitrogens is 1. The summed E-state index contributed by atoms with van der Waals surface area (Å²) in [6.45, 7) is 9.99. The molecule has 2 N–H and O–H groups in total.